The molecule has 0 N–H and O–H groups in total. The van der Waals surface area contributed by atoms with E-state index in [-0.39, 0.29) is 6.61 Å². The van der Waals surface area contributed by atoms with Crippen molar-refractivity contribution in [3.8, 4) is 28.7 Å². The number of aromatic nitrogens is 5. The van der Waals surface area contributed by atoms with Crippen molar-refractivity contribution in [3.63, 3.8) is 0 Å². The third-order valence-electron chi connectivity index (χ3n) is 3.49. The van der Waals surface area contributed by atoms with E-state index in [1.54, 1.807) is 45.9 Å². The fraction of sp³-hybridized carbons (Fsp3) is 0.250. The Balaban J connectivity index is 2.17. The molecule has 9 heteroatoms. The lowest BCUT2D eigenvalue weighted by atomic mass is 10.2. The number of halogens is 1. The summed E-state index contributed by atoms with van der Waals surface area (Å²) in [6.07, 6.45) is 3.26. The molecule has 0 saturated heterocycles. The van der Waals surface area contributed by atoms with Crippen molar-refractivity contribution in [2.24, 2.45) is 0 Å². The molecule has 0 amide bonds. The molecule has 0 saturated carbocycles. The molecule has 130 valence electrons. The van der Waals surface area contributed by atoms with Crippen LogP contribution in [0.3, 0.4) is 0 Å². The second-order valence-corrected chi connectivity index (χ2v) is 5.36. The van der Waals surface area contributed by atoms with Crippen molar-refractivity contribution in [1.82, 2.24) is 24.7 Å². The highest BCUT2D eigenvalue weighted by molar-refractivity contribution is 6.29. The van der Waals surface area contributed by atoms with Crippen LogP contribution in [-0.2, 0) is 11.3 Å². The van der Waals surface area contributed by atoms with E-state index >= 15 is 0 Å². The highest BCUT2D eigenvalue weighted by Gasteiger charge is 2.19. The molecule has 0 radical (unpaired) electrons. The van der Waals surface area contributed by atoms with E-state index in [2.05, 4.69) is 20.2 Å². The first kappa shape index (κ1) is 17.1. The first-order valence-corrected chi connectivity index (χ1v) is 7.69. The number of ether oxygens (including phenoxy) is 3. The number of pyridine rings is 2. The summed E-state index contributed by atoms with van der Waals surface area (Å²) in [6, 6.07) is 5.24. The first-order valence-electron chi connectivity index (χ1n) is 7.31. The Labute approximate surface area is 149 Å². The summed E-state index contributed by atoms with van der Waals surface area (Å²) in [6.45, 7) is 0.280. The van der Waals surface area contributed by atoms with Crippen LogP contribution in [0.15, 0.2) is 30.6 Å². The van der Waals surface area contributed by atoms with Gasteiger partial charge in [0.25, 0.3) is 0 Å². The monoisotopic (exact) mass is 361 g/mol. The van der Waals surface area contributed by atoms with Gasteiger partial charge in [0.2, 0.25) is 5.88 Å². The average Bonchev–Trinajstić information content (AvgIpc) is 3.05. The van der Waals surface area contributed by atoms with Crippen molar-refractivity contribution < 1.29 is 14.2 Å². The van der Waals surface area contributed by atoms with Crippen LogP contribution in [0.2, 0.25) is 5.15 Å². The highest BCUT2D eigenvalue weighted by atomic mass is 35.5. The Hall–Kier alpha value is -2.71. The fourth-order valence-electron chi connectivity index (χ4n) is 2.36. The number of nitrogens with zero attached hydrogens (tertiary/aromatic N) is 5. The van der Waals surface area contributed by atoms with Crippen LogP contribution in [0.25, 0.3) is 17.1 Å². The average molecular weight is 362 g/mol. The molecule has 3 heterocycles. The molecule has 0 aliphatic heterocycles. The Morgan fingerprint density at radius 2 is 1.88 bits per heavy atom. The van der Waals surface area contributed by atoms with Gasteiger partial charge in [-0.05, 0) is 6.07 Å². The van der Waals surface area contributed by atoms with Gasteiger partial charge in [-0.3, -0.25) is 4.57 Å². The van der Waals surface area contributed by atoms with Crippen LogP contribution in [-0.4, -0.2) is 46.1 Å². The maximum Gasteiger partial charge on any atom is 0.213 e. The number of hydrogen-bond acceptors (Lipinski definition) is 7. The molecule has 8 nitrogen and oxygen atoms in total. The normalized spacial score (nSPS) is 10.7. The molecular weight excluding hydrogens is 346 g/mol. The summed E-state index contributed by atoms with van der Waals surface area (Å²) in [7, 11) is 4.71. The summed E-state index contributed by atoms with van der Waals surface area (Å²) in [4.78, 5) is 8.36. The molecule has 0 atom stereocenters. The summed E-state index contributed by atoms with van der Waals surface area (Å²) in [5, 5.41) is 8.81. The summed E-state index contributed by atoms with van der Waals surface area (Å²) in [5.41, 5.74) is 1.41. The lowest BCUT2D eigenvalue weighted by Gasteiger charge is -2.12. The van der Waals surface area contributed by atoms with E-state index in [1.165, 1.54) is 0 Å². The van der Waals surface area contributed by atoms with E-state index in [0.717, 1.165) is 5.69 Å². The predicted octanol–water partition coefficient (Wildman–Crippen LogP) is 2.54. The Bertz CT molecular complexity index is 867. The van der Waals surface area contributed by atoms with Crippen LogP contribution >= 0.6 is 11.6 Å². The molecule has 0 aromatic carbocycles. The Morgan fingerprint density at radius 3 is 2.52 bits per heavy atom. The lowest BCUT2D eigenvalue weighted by molar-refractivity contribution is 0.176. The van der Waals surface area contributed by atoms with E-state index in [0.29, 0.717) is 34.0 Å². The molecule has 25 heavy (non-hydrogen) atoms. The van der Waals surface area contributed by atoms with Gasteiger partial charge in [0.15, 0.2) is 11.6 Å². The summed E-state index contributed by atoms with van der Waals surface area (Å²) >= 11 is 5.95. The fourth-order valence-corrected chi connectivity index (χ4v) is 2.51. The van der Waals surface area contributed by atoms with Gasteiger partial charge >= 0.3 is 0 Å². The molecule has 0 aliphatic rings. The molecule has 3 aromatic heterocycles. The van der Waals surface area contributed by atoms with Gasteiger partial charge in [-0.25, -0.2) is 9.97 Å². The number of rotatable bonds is 6. The minimum absolute atomic E-state index is 0.280. The third-order valence-corrected chi connectivity index (χ3v) is 3.69. The summed E-state index contributed by atoms with van der Waals surface area (Å²) < 4.78 is 17.6. The van der Waals surface area contributed by atoms with E-state index < -0.39 is 0 Å². The SMILES string of the molecule is COCc1nnc(-c2cnc(Cl)cc2OC)n1-c1ccc(OC)nc1. The Morgan fingerprint density at radius 1 is 1.04 bits per heavy atom. The third kappa shape index (κ3) is 3.40. The molecule has 0 fully saturated rings. The molecule has 0 bridgehead atoms. The van der Waals surface area contributed by atoms with E-state index in [1.807, 2.05) is 10.6 Å². The van der Waals surface area contributed by atoms with Crippen LogP contribution in [0.5, 0.6) is 11.6 Å². The minimum Gasteiger partial charge on any atom is -0.496 e. The second kappa shape index (κ2) is 7.45. The van der Waals surface area contributed by atoms with Crippen LogP contribution in [0, 0.1) is 0 Å². The molecule has 3 rings (SSSR count). The zero-order chi connectivity index (χ0) is 17.8. The van der Waals surface area contributed by atoms with Crippen molar-refractivity contribution >= 4 is 11.6 Å². The van der Waals surface area contributed by atoms with Gasteiger partial charge in [-0.15, -0.1) is 10.2 Å². The van der Waals surface area contributed by atoms with E-state index in [4.69, 9.17) is 25.8 Å². The summed E-state index contributed by atoms with van der Waals surface area (Å²) in [5.74, 6) is 2.21. The molecule has 0 spiro atoms. The van der Waals surface area contributed by atoms with Crippen molar-refractivity contribution in [1.29, 1.82) is 0 Å². The van der Waals surface area contributed by atoms with Crippen molar-refractivity contribution in [3.05, 3.63) is 41.6 Å². The maximum absolute atomic E-state index is 5.95. The predicted molar refractivity (Wildman–Crippen MR) is 91.2 cm³/mol. The standard InChI is InChI=1S/C16H16ClN5O3/c1-23-9-14-20-21-16(11-8-18-13(17)6-12(11)24-2)22(14)10-4-5-15(25-3)19-7-10/h4-8H,9H2,1-3H3. The molecule has 0 unspecified atom stereocenters. The molecule has 0 aliphatic carbocycles. The zero-order valence-electron chi connectivity index (χ0n) is 13.9. The molecular formula is C16H16ClN5O3. The minimum atomic E-state index is 0.280. The first-order chi connectivity index (χ1) is 12.2. The van der Waals surface area contributed by atoms with E-state index in [9.17, 15) is 0 Å². The maximum atomic E-state index is 5.95. The van der Waals surface area contributed by atoms with Gasteiger partial charge in [0.1, 0.15) is 17.5 Å². The number of methoxy groups -OCH3 is 3. The van der Waals surface area contributed by atoms with Crippen molar-refractivity contribution in [2.75, 3.05) is 21.3 Å². The van der Waals surface area contributed by atoms with Gasteiger partial charge in [0.05, 0.1) is 31.7 Å². The Kier molecular flexibility index (Phi) is 5.11. The lowest BCUT2D eigenvalue weighted by Crippen LogP contribution is -2.06. The van der Waals surface area contributed by atoms with Gasteiger partial charge in [0, 0.05) is 25.4 Å². The van der Waals surface area contributed by atoms with Gasteiger partial charge in [-0.1, -0.05) is 11.6 Å². The van der Waals surface area contributed by atoms with Gasteiger partial charge in [-0.2, -0.15) is 0 Å². The zero-order valence-corrected chi connectivity index (χ0v) is 14.7. The van der Waals surface area contributed by atoms with Crippen molar-refractivity contribution in [2.45, 2.75) is 6.61 Å². The molecule has 3 aromatic rings. The van der Waals surface area contributed by atoms with Crippen LogP contribution < -0.4 is 9.47 Å². The quantitative estimate of drug-likeness (QED) is 0.624. The largest absolute Gasteiger partial charge is 0.496 e. The number of hydrogen-bond donors (Lipinski definition) is 0. The highest BCUT2D eigenvalue weighted by Crippen LogP contribution is 2.32. The smallest absolute Gasteiger partial charge is 0.213 e. The van der Waals surface area contributed by atoms with Crippen LogP contribution in [0.4, 0.5) is 0 Å². The second-order valence-electron chi connectivity index (χ2n) is 4.97. The van der Waals surface area contributed by atoms with Gasteiger partial charge < -0.3 is 14.2 Å². The van der Waals surface area contributed by atoms with Crippen LogP contribution in [0.1, 0.15) is 5.82 Å². The topological polar surface area (TPSA) is 84.2 Å².